The molecule has 0 aliphatic carbocycles. The zero-order valence-electron chi connectivity index (χ0n) is 16.2. The van der Waals surface area contributed by atoms with Gasteiger partial charge in [-0.05, 0) is 44.2 Å². The van der Waals surface area contributed by atoms with E-state index in [1.165, 1.54) is 26.0 Å². The number of ether oxygens (including phenoxy) is 1. The van der Waals surface area contributed by atoms with Crippen LogP contribution in [0.15, 0.2) is 42.5 Å². The fourth-order valence-corrected chi connectivity index (χ4v) is 2.49. The van der Waals surface area contributed by atoms with Crippen LogP contribution in [0.2, 0.25) is 0 Å². The van der Waals surface area contributed by atoms with E-state index >= 15 is 0 Å². The molecule has 152 valence electrons. The van der Waals surface area contributed by atoms with Gasteiger partial charge in [0.1, 0.15) is 11.9 Å². The molecule has 0 aromatic heterocycles. The number of amides is 2. The molecule has 2 aromatic carbocycles. The van der Waals surface area contributed by atoms with Gasteiger partial charge in [0.05, 0.1) is 5.56 Å². The highest BCUT2D eigenvalue weighted by atomic mass is 19.1. The highest BCUT2D eigenvalue weighted by Crippen LogP contribution is 2.15. The summed E-state index contributed by atoms with van der Waals surface area (Å²) in [6.07, 6.45) is 0. The van der Waals surface area contributed by atoms with Crippen molar-refractivity contribution in [1.29, 1.82) is 0 Å². The van der Waals surface area contributed by atoms with E-state index in [4.69, 9.17) is 4.74 Å². The molecule has 0 heterocycles. The van der Waals surface area contributed by atoms with Crippen molar-refractivity contribution in [1.82, 2.24) is 5.32 Å². The lowest BCUT2D eigenvalue weighted by molar-refractivity contribution is -0.144. The van der Waals surface area contributed by atoms with Crippen molar-refractivity contribution >= 4 is 29.3 Å². The molecule has 0 spiro atoms. The van der Waals surface area contributed by atoms with E-state index in [9.17, 15) is 23.6 Å². The Morgan fingerprint density at radius 3 is 2.45 bits per heavy atom. The van der Waals surface area contributed by atoms with Gasteiger partial charge >= 0.3 is 5.97 Å². The minimum atomic E-state index is -0.997. The minimum absolute atomic E-state index is 0.205. The zero-order valence-corrected chi connectivity index (χ0v) is 16.2. The van der Waals surface area contributed by atoms with E-state index in [1.54, 1.807) is 18.2 Å². The van der Waals surface area contributed by atoms with Crippen LogP contribution in [0.1, 0.15) is 40.1 Å². The summed E-state index contributed by atoms with van der Waals surface area (Å²) in [5, 5.41) is 4.88. The lowest BCUT2D eigenvalue weighted by Crippen LogP contribution is -2.40. The van der Waals surface area contributed by atoms with Crippen LogP contribution in [0.3, 0.4) is 0 Å². The molecule has 2 amide bonds. The first kappa shape index (κ1) is 21.7. The zero-order chi connectivity index (χ0) is 21.6. The average molecular weight is 400 g/mol. The normalized spacial score (nSPS) is 11.3. The number of rotatable bonds is 7. The Kier molecular flexibility index (Phi) is 7.19. The molecule has 0 saturated heterocycles. The van der Waals surface area contributed by atoms with Gasteiger partial charge in [-0.3, -0.25) is 14.4 Å². The Balaban J connectivity index is 1.91. The fourth-order valence-electron chi connectivity index (χ4n) is 2.49. The summed E-state index contributed by atoms with van der Waals surface area (Å²) in [6.45, 7) is 3.85. The quantitative estimate of drug-likeness (QED) is 0.550. The Bertz CT molecular complexity index is 958. The molecule has 0 aliphatic heterocycles. The molecule has 2 aromatic rings. The van der Waals surface area contributed by atoms with E-state index in [2.05, 4.69) is 10.6 Å². The third-order valence-corrected chi connectivity index (χ3v) is 3.92. The number of aryl methyl sites for hydroxylation is 1. The van der Waals surface area contributed by atoms with Gasteiger partial charge in [0, 0.05) is 18.2 Å². The number of anilines is 1. The molecule has 2 N–H and O–H groups in total. The highest BCUT2D eigenvalue weighted by molar-refractivity contribution is 6.00. The first-order valence-corrected chi connectivity index (χ1v) is 8.82. The SMILES string of the molecule is CC(=O)Nc1ccc(C(=O)COC(=O)[C@H](C)NC(=O)c2cccc(C)c2)c(F)c1. The van der Waals surface area contributed by atoms with Crippen LogP contribution in [0.25, 0.3) is 0 Å². The maximum absolute atomic E-state index is 14.1. The van der Waals surface area contributed by atoms with E-state index in [0.717, 1.165) is 11.6 Å². The minimum Gasteiger partial charge on any atom is -0.456 e. The van der Waals surface area contributed by atoms with E-state index < -0.39 is 36.1 Å². The second-order valence-corrected chi connectivity index (χ2v) is 6.47. The predicted molar refractivity (Wildman–Crippen MR) is 104 cm³/mol. The summed E-state index contributed by atoms with van der Waals surface area (Å²) in [5.41, 5.74) is 1.21. The number of carbonyl (C=O) groups excluding carboxylic acids is 4. The van der Waals surface area contributed by atoms with E-state index in [-0.39, 0.29) is 17.2 Å². The fraction of sp³-hybridized carbons (Fsp3) is 0.238. The molecule has 7 nitrogen and oxygen atoms in total. The van der Waals surface area contributed by atoms with Crippen molar-refractivity contribution in [3.05, 3.63) is 65.0 Å². The molecule has 0 unspecified atom stereocenters. The van der Waals surface area contributed by atoms with Crippen molar-refractivity contribution in [2.75, 3.05) is 11.9 Å². The lowest BCUT2D eigenvalue weighted by Gasteiger charge is -2.13. The number of hydrogen-bond acceptors (Lipinski definition) is 5. The van der Waals surface area contributed by atoms with Gasteiger partial charge in [0.25, 0.3) is 5.91 Å². The summed E-state index contributed by atoms with van der Waals surface area (Å²) in [6, 6.07) is 9.40. The summed E-state index contributed by atoms with van der Waals surface area (Å²) >= 11 is 0. The standard InChI is InChI=1S/C21H21FN2O5/c1-12-5-4-6-15(9-12)20(27)23-13(2)21(28)29-11-19(26)17-8-7-16(10-18(17)22)24-14(3)25/h4-10,13H,11H2,1-3H3,(H,23,27)(H,24,25)/t13-/m0/s1. The number of nitrogens with one attached hydrogen (secondary N) is 2. The highest BCUT2D eigenvalue weighted by Gasteiger charge is 2.20. The third kappa shape index (κ3) is 6.24. The largest absolute Gasteiger partial charge is 0.456 e. The van der Waals surface area contributed by atoms with Crippen LogP contribution in [0.5, 0.6) is 0 Å². The van der Waals surface area contributed by atoms with Gasteiger partial charge < -0.3 is 15.4 Å². The van der Waals surface area contributed by atoms with Crippen LogP contribution >= 0.6 is 0 Å². The molecule has 2 rings (SSSR count). The molecule has 0 saturated carbocycles. The third-order valence-electron chi connectivity index (χ3n) is 3.92. The molecular weight excluding hydrogens is 379 g/mol. The van der Waals surface area contributed by atoms with Crippen LogP contribution in [0, 0.1) is 12.7 Å². The van der Waals surface area contributed by atoms with Crippen molar-refractivity contribution in [2.24, 2.45) is 0 Å². The molecule has 0 bridgehead atoms. The summed E-state index contributed by atoms with van der Waals surface area (Å²) in [5.74, 6) is -3.25. The lowest BCUT2D eigenvalue weighted by atomic mass is 10.1. The summed E-state index contributed by atoms with van der Waals surface area (Å²) in [4.78, 5) is 47.3. The Morgan fingerprint density at radius 2 is 1.83 bits per heavy atom. The number of benzene rings is 2. The van der Waals surface area contributed by atoms with Gasteiger partial charge in [-0.2, -0.15) is 0 Å². The topological polar surface area (TPSA) is 102 Å². The molecule has 8 heteroatoms. The molecule has 0 radical (unpaired) electrons. The van der Waals surface area contributed by atoms with Crippen LogP contribution in [0.4, 0.5) is 10.1 Å². The van der Waals surface area contributed by atoms with E-state index in [1.807, 2.05) is 13.0 Å². The number of Topliss-reactive ketones (excluding diaryl/α,β-unsaturated/α-hetero) is 1. The Labute approximate surface area is 167 Å². The summed E-state index contributed by atoms with van der Waals surface area (Å²) < 4.78 is 18.9. The smallest absolute Gasteiger partial charge is 0.328 e. The van der Waals surface area contributed by atoms with E-state index in [0.29, 0.717) is 5.56 Å². The monoisotopic (exact) mass is 400 g/mol. The molecular formula is C21H21FN2O5. The second kappa shape index (κ2) is 9.59. The van der Waals surface area contributed by atoms with Gasteiger partial charge in [-0.15, -0.1) is 0 Å². The first-order chi connectivity index (χ1) is 13.7. The first-order valence-electron chi connectivity index (χ1n) is 8.82. The van der Waals surface area contributed by atoms with Crippen molar-refractivity contribution in [3.63, 3.8) is 0 Å². The maximum atomic E-state index is 14.1. The van der Waals surface area contributed by atoms with Crippen molar-refractivity contribution < 1.29 is 28.3 Å². The van der Waals surface area contributed by atoms with Crippen LogP contribution in [-0.4, -0.2) is 36.2 Å². The van der Waals surface area contributed by atoms with Gasteiger partial charge in [-0.1, -0.05) is 17.7 Å². The van der Waals surface area contributed by atoms with Crippen molar-refractivity contribution in [3.8, 4) is 0 Å². The molecule has 0 fully saturated rings. The number of hydrogen-bond donors (Lipinski definition) is 2. The van der Waals surface area contributed by atoms with Gasteiger partial charge in [0.2, 0.25) is 11.7 Å². The molecule has 0 aliphatic rings. The molecule has 1 atom stereocenters. The second-order valence-electron chi connectivity index (χ2n) is 6.47. The Morgan fingerprint density at radius 1 is 1.10 bits per heavy atom. The van der Waals surface area contributed by atoms with Crippen molar-refractivity contribution in [2.45, 2.75) is 26.8 Å². The van der Waals surface area contributed by atoms with Crippen LogP contribution < -0.4 is 10.6 Å². The van der Waals surface area contributed by atoms with Gasteiger partial charge in [-0.25, -0.2) is 9.18 Å². The van der Waals surface area contributed by atoms with Gasteiger partial charge in [0.15, 0.2) is 6.61 Å². The molecule has 29 heavy (non-hydrogen) atoms. The number of halogens is 1. The number of esters is 1. The number of carbonyl (C=O) groups is 4. The maximum Gasteiger partial charge on any atom is 0.328 e. The predicted octanol–water partition coefficient (Wildman–Crippen LogP) is 2.64. The average Bonchev–Trinajstić information content (AvgIpc) is 2.65. The summed E-state index contributed by atoms with van der Waals surface area (Å²) in [7, 11) is 0. The number of ketones is 1. The van der Waals surface area contributed by atoms with Crippen LogP contribution in [-0.2, 0) is 14.3 Å². The Hall–Kier alpha value is -3.55.